The summed E-state index contributed by atoms with van der Waals surface area (Å²) in [5, 5.41) is 12.8. The Labute approximate surface area is 114 Å². The highest BCUT2D eigenvalue weighted by molar-refractivity contribution is 5.85. The van der Waals surface area contributed by atoms with Crippen LogP contribution in [0.25, 0.3) is 10.8 Å². The monoisotopic (exact) mass is 256 g/mol. The zero-order valence-corrected chi connectivity index (χ0v) is 11.1. The van der Waals surface area contributed by atoms with Gasteiger partial charge in [0, 0.05) is 13.2 Å². The maximum absolute atomic E-state index is 10.3. The molecule has 0 saturated carbocycles. The van der Waals surface area contributed by atoms with Gasteiger partial charge in [-0.3, -0.25) is 0 Å². The van der Waals surface area contributed by atoms with E-state index in [9.17, 15) is 5.11 Å². The van der Waals surface area contributed by atoms with E-state index in [-0.39, 0.29) is 6.10 Å². The lowest BCUT2D eigenvalue weighted by molar-refractivity contribution is 0.129. The molecule has 1 heterocycles. The van der Waals surface area contributed by atoms with Crippen molar-refractivity contribution in [3.63, 3.8) is 0 Å². The Morgan fingerprint density at radius 2 is 2.00 bits per heavy atom. The summed E-state index contributed by atoms with van der Waals surface area (Å²) in [5.74, 6) is 0.532. The van der Waals surface area contributed by atoms with Crippen molar-refractivity contribution < 1.29 is 9.84 Å². The van der Waals surface area contributed by atoms with Crippen LogP contribution in [0.3, 0.4) is 0 Å². The Morgan fingerprint density at radius 1 is 1.16 bits per heavy atom. The second-order valence-corrected chi connectivity index (χ2v) is 5.46. The summed E-state index contributed by atoms with van der Waals surface area (Å²) in [5.41, 5.74) is 1.24. The molecule has 100 valence electrons. The first-order valence-electron chi connectivity index (χ1n) is 7.05. The number of rotatable bonds is 4. The lowest BCUT2D eigenvalue weighted by Gasteiger charge is -2.15. The van der Waals surface area contributed by atoms with Crippen molar-refractivity contribution in [2.75, 3.05) is 13.2 Å². The van der Waals surface area contributed by atoms with Crippen LogP contribution in [0.4, 0.5) is 0 Å². The largest absolute Gasteiger partial charge is 0.393 e. The van der Waals surface area contributed by atoms with E-state index in [1.165, 1.54) is 16.3 Å². The molecule has 0 aliphatic carbocycles. The van der Waals surface area contributed by atoms with Crippen molar-refractivity contribution in [1.82, 2.24) is 0 Å². The van der Waals surface area contributed by atoms with E-state index in [0.29, 0.717) is 5.92 Å². The van der Waals surface area contributed by atoms with E-state index in [2.05, 4.69) is 42.5 Å². The van der Waals surface area contributed by atoms with Gasteiger partial charge in [-0.1, -0.05) is 42.5 Å². The average Bonchev–Trinajstić information content (AvgIpc) is 2.92. The van der Waals surface area contributed by atoms with Crippen LogP contribution in [-0.2, 0) is 11.2 Å². The Balaban J connectivity index is 1.73. The highest BCUT2D eigenvalue weighted by Gasteiger charge is 2.19. The minimum Gasteiger partial charge on any atom is -0.393 e. The van der Waals surface area contributed by atoms with Gasteiger partial charge in [-0.2, -0.15) is 0 Å². The second-order valence-electron chi connectivity index (χ2n) is 5.46. The fourth-order valence-corrected chi connectivity index (χ4v) is 2.96. The van der Waals surface area contributed by atoms with E-state index < -0.39 is 0 Å². The van der Waals surface area contributed by atoms with Gasteiger partial charge in [0.25, 0.3) is 0 Å². The molecule has 0 aromatic heterocycles. The smallest absolute Gasteiger partial charge is 0.0584 e. The molecule has 1 aliphatic heterocycles. The van der Waals surface area contributed by atoms with Crippen LogP contribution in [0.2, 0.25) is 0 Å². The molecule has 1 fully saturated rings. The molecule has 0 amide bonds. The molecule has 2 aromatic carbocycles. The summed E-state index contributed by atoms with van der Waals surface area (Å²) in [6, 6.07) is 14.7. The highest BCUT2D eigenvalue weighted by atomic mass is 16.5. The standard InChI is InChI=1S/C17H20O2/c18-16(10-13-8-9-19-12-13)11-15-6-3-5-14-4-1-2-7-17(14)15/h1-7,13,16,18H,8-12H2. The van der Waals surface area contributed by atoms with E-state index in [4.69, 9.17) is 4.74 Å². The van der Waals surface area contributed by atoms with Crippen LogP contribution in [-0.4, -0.2) is 24.4 Å². The molecule has 0 radical (unpaired) electrons. The van der Waals surface area contributed by atoms with Gasteiger partial charge >= 0.3 is 0 Å². The summed E-state index contributed by atoms with van der Waals surface area (Å²) in [4.78, 5) is 0. The maximum atomic E-state index is 10.3. The van der Waals surface area contributed by atoms with E-state index in [1.807, 2.05) is 0 Å². The van der Waals surface area contributed by atoms with E-state index >= 15 is 0 Å². The third-order valence-corrected chi connectivity index (χ3v) is 3.96. The van der Waals surface area contributed by atoms with Crippen LogP contribution >= 0.6 is 0 Å². The maximum Gasteiger partial charge on any atom is 0.0584 e. The van der Waals surface area contributed by atoms with Gasteiger partial charge in [-0.25, -0.2) is 0 Å². The summed E-state index contributed by atoms with van der Waals surface area (Å²) in [6.45, 7) is 1.66. The van der Waals surface area contributed by atoms with Crippen LogP contribution in [0.15, 0.2) is 42.5 Å². The molecule has 2 nitrogen and oxygen atoms in total. The SMILES string of the molecule is OC(Cc1cccc2ccccc12)CC1CCOC1. The zero-order valence-electron chi connectivity index (χ0n) is 11.1. The van der Waals surface area contributed by atoms with E-state index in [1.54, 1.807) is 0 Å². The molecule has 19 heavy (non-hydrogen) atoms. The molecular formula is C17H20O2. The first-order chi connectivity index (χ1) is 9.33. The van der Waals surface area contributed by atoms with Gasteiger partial charge in [0.05, 0.1) is 6.10 Å². The van der Waals surface area contributed by atoms with Crippen LogP contribution in [0.1, 0.15) is 18.4 Å². The number of hydrogen-bond donors (Lipinski definition) is 1. The van der Waals surface area contributed by atoms with Crippen LogP contribution in [0.5, 0.6) is 0 Å². The van der Waals surface area contributed by atoms with Crippen molar-refractivity contribution in [2.45, 2.75) is 25.4 Å². The molecule has 2 atom stereocenters. The van der Waals surface area contributed by atoms with Crippen molar-refractivity contribution >= 4 is 10.8 Å². The second kappa shape index (κ2) is 5.72. The molecule has 0 spiro atoms. The number of ether oxygens (including phenoxy) is 1. The molecule has 2 aromatic rings. The Kier molecular flexibility index (Phi) is 3.81. The van der Waals surface area contributed by atoms with Crippen molar-refractivity contribution in [1.29, 1.82) is 0 Å². The van der Waals surface area contributed by atoms with Crippen molar-refractivity contribution in [3.8, 4) is 0 Å². The van der Waals surface area contributed by atoms with Crippen molar-refractivity contribution in [2.24, 2.45) is 5.92 Å². The Bertz CT molecular complexity index is 538. The molecule has 1 N–H and O–H groups in total. The molecule has 0 bridgehead atoms. The molecule has 3 rings (SSSR count). The Morgan fingerprint density at radius 3 is 2.84 bits per heavy atom. The van der Waals surface area contributed by atoms with Gasteiger partial charge in [0.1, 0.15) is 0 Å². The predicted octanol–water partition coefficient (Wildman–Crippen LogP) is 3.17. The topological polar surface area (TPSA) is 29.5 Å². The van der Waals surface area contributed by atoms with Gasteiger partial charge in [-0.15, -0.1) is 0 Å². The lowest BCUT2D eigenvalue weighted by Crippen LogP contribution is -2.16. The van der Waals surface area contributed by atoms with E-state index in [0.717, 1.165) is 32.5 Å². The molecular weight excluding hydrogens is 236 g/mol. The summed E-state index contributed by atoms with van der Waals surface area (Å²) < 4.78 is 5.37. The quantitative estimate of drug-likeness (QED) is 0.910. The average molecular weight is 256 g/mol. The van der Waals surface area contributed by atoms with Gasteiger partial charge in [0.15, 0.2) is 0 Å². The van der Waals surface area contributed by atoms with Crippen molar-refractivity contribution in [3.05, 3.63) is 48.0 Å². The first-order valence-corrected chi connectivity index (χ1v) is 7.05. The molecule has 1 aliphatic rings. The van der Waals surface area contributed by atoms with Gasteiger partial charge in [0.2, 0.25) is 0 Å². The van der Waals surface area contributed by atoms with Gasteiger partial charge < -0.3 is 9.84 Å². The fraction of sp³-hybridized carbons (Fsp3) is 0.412. The predicted molar refractivity (Wildman–Crippen MR) is 77.2 cm³/mol. The highest BCUT2D eigenvalue weighted by Crippen LogP contribution is 2.23. The summed E-state index contributed by atoms with van der Waals surface area (Å²) >= 11 is 0. The van der Waals surface area contributed by atoms with Gasteiger partial charge in [-0.05, 0) is 41.5 Å². The number of hydrogen-bond acceptors (Lipinski definition) is 2. The number of fused-ring (bicyclic) bond motifs is 1. The zero-order chi connectivity index (χ0) is 13.1. The van der Waals surface area contributed by atoms with Crippen LogP contribution < -0.4 is 0 Å². The number of benzene rings is 2. The molecule has 2 unspecified atom stereocenters. The number of aliphatic hydroxyl groups excluding tert-OH is 1. The normalized spacial score (nSPS) is 20.8. The first kappa shape index (κ1) is 12.6. The lowest BCUT2D eigenvalue weighted by atomic mass is 9.94. The molecule has 2 heteroatoms. The van der Waals surface area contributed by atoms with Crippen LogP contribution in [0, 0.1) is 5.92 Å². The minimum absolute atomic E-state index is 0.266. The third kappa shape index (κ3) is 2.96. The fourth-order valence-electron chi connectivity index (χ4n) is 2.96. The molecule has 1 saturated heterocycles. The summed E-state index contributed by atoms with van der Waals surface area (Å²) in [7, 11) is 0. The minimum atomic E-state index is -0.266. The Hall–Kier alpha value is -1.38. The third-order valence-electron chi connectivity index (χ3n) is 3.96. The summed E-state index contributed by atoms with van der Waals surface area (Å²) in [6.07, 6.45) is 2.41. The number of aliphatic hydroxyl groups is 1.